The quantitative estimate of drug-likeness (QED) is 0.463. The normalized spacial score (nSPS) is 11.9. The van der Waals surface area contributed by atoms with E-state index in [4.69, 9.17) is 4.74 Å². The monoisotopic (exact) mass is 431 g/mol. The van der Waals surface area contributed by atoms with Gasteiger partial charge in [0.25, 0.3) is 5.91 Å². The van der Waals surface area contributed by atoms with Gasteiger partial charge in [0.2, 0.25) is 0 Å². The van der Waals surface area contributed by atoms with Gasteiger partial charge in [-0.1, -0.05) is 13.0 Å². The first-order chi connectivity index (χ1) is 15.5. The van der Waals surface area contributed by atoms with Crippen LogP contribution in [0.3, 0.4) is 0 Å². The fraction of sp³-hybridized carbons (Fsp3) is 0.261. The van der Waals surface area contributed by atoms with E-state index in [1.807, 2.05) is 25.2 Å². The third-order valence-electron chi connectivity index (χ3n) is 5.38. The Hall–Kier alpha value is -4.01. The standard InChI is InChI=1S/C23H25N7O2/c1-14(18-6-5-15(23(31)24-2)8-20(18)32-4)10-25-21-9-19(27-13-28-21)16-7-17-12-29-30(3)22(17)26-11-16/h5-9,11-14H,10H2,1-4H3,(H,24,31)(H,25,27,28). The fourth-order valence-corrected chi connectivity index (χ4v) is 3.57. The van der Waals surface area contributed by atoms with Gasteiger partial charge in [-0.05, 0) is 23.8 Å². The summed E-state index contributed by atoms with van der Waals surface area (Å²) in [7, 11) is 5.08. The van der Waals surface area contributed by atoms with Gasteiger partial charge in [0.05, 0.1) is 19.0 Å². The molecule has 9 heteroatoms. The number of aryl methyl sites for hydroxylation is 1. The lowest BCUT2D eigenvalue weighted by atomic mass is 9.98. The molecule has 1 amide bonds. The minimum Gasteiger partial charge on any atom is -0.496 e. The number of nitrogens with one attached hydrogen (secondary N) is 2. The lowest BCUT2D eigenvalue weighted by Crippen LogP contribution is -2.18. The van der Waals surface area contributed by atoms with Gasteiger partial charge in [0, 0.05) is 55.3 Å². The summed E-state index contributed by atoms with van der Waals surface area (Å²) in [4.78, 5) is 25.1. The maximum absolute atomic E-state index is 11.9. The zero-order valence-electron chi connectivity index (χ0n) is 18.5. The number of ether oxygens (including phenoxy) is 1. The fourth-order valence-electron chi connectivity index (χ4n) is 3.57. The Labute approximate surface area is 185 Å². The Balaban J connectivity index is 1.50. The van der Waals surface area contributed by atoms with Crippen molar-refractivity contribution in [3.8, 4) is 17.0 Å². The van der Waals surface area contributed by atoms with Crippen molar-refractivity contribution in [2.75, 3.05) is 26.0 Å². The number of benzene rings is 1. The topological polar surface area (TPSA) is 107 Å². The summed E-state index contributed by atoms with van der Waals surface area (Å²) < 4.78 is 7.26. The summed E-state index contributed by atoms with van der Waals surface area (Å²) in [5, 5.41) is 11.2. The number of rotatable bonds is 7. The number of carbonyl (C=O) groups excluding carboxylic acids is 1. The number of pyridine rings is 1. The highest BCUT2D eigenvalue weighted by atomic mass is 16.5. The van der Waals surface area contributed by atoms with Crippen LogP contribution in [0, 0.1) is 0 Å². The highest BCUT2D eigenvalue weighted by molar-refractivity contribution is 5.94. The number of hydrogen-bond donors (Lipinski definition) is 2. The number of anilines is 1. The minimum atomic E-state index is -0.145. The van der Waals surface area contributed by atoms with E-state index in [1.165, 1.54) is 6.33 Å². The number of fused-ring (bicyclic) bond motifs is 1. The molecule has 4 rings (SSSR count). The molecule has 1 atom stereocenters. The first-order valence-corrected chi connectivity index (χ1v) is 10.2. The van der Waals surface area contributed by atoms with E-state index >= 15 is 0 Å². The average Bonchev–Trinajstić information content (AvgIpc) is 3.21. The molecule has 0 aliphatic heterocycles. The van der Waals surface area contributed by atoms with Gasteiger partial charge < -0.3 is 15.4 Å². The predicted molar refractivity (Wildman–Crippen MR) is 123 cm³/mol. The molecule has 0 fully saturated rings. The maximum Gasteiger partial charge on any atom is 0.251 e. The summed E-state index contributed by atoms with van der Waals surface area (Å²) in [5.41, 5.74) is 4.07. The summed E-state index contributed by atoms with van der Waals surface area (Å²) >= 11 is 0. The van der Waals surface area contributed by atoms with Crippen LogP contribution in [0.1, 0.15) is 28.8 Å². The Morgan fingerprint density at radius 1 is 1.16 bits per heavy atom. The lowest BCUT2D eigenvalue weighted by Gasteiger charge is -2.17. The zero-order valence-corrected chi connectivity index (χ0v) is 18.5. The lowest BCUT2D eigenvalue weighted by molar-refractivity contribution is 0.0962. The second-order valence-electron chi connectivity index (χ2n) is 7.51. The molecule has 0 saturated carbocycles. The first kappa shape index (κ1) is 21.2. The molecule has 1 unspecified atom stereocenters. The summed E-state index contributed by atoms with van der Waals surface area (Å²) in [6, 6.07) is 9.41. The van der Waals surface area contributed by atoms with Crippen molar-refractivity contribution in [3.63, 3.8) is 0 Å². The average molecular weight is 432 g/mol. The molecular formula is C23H25N7O2. The molecule has 0 bridgehead atoms. The van der Waals surface area contributed by atoms with Crippen molar-refractivity contribution >= 4 is 22.8 Å². The van der Waals surface area contributed by atoms with E-state index in [1.54, 1.807) is 43.4 Å². The SMILES string of the molecule is CNC(=O)c1ccc(C(C)CNc2cc(-c3cnc4c(cnn4C)c3)ncn2)c(OC)c1. The van der Waals surface area contributed by atoms with Gasteiger partial charge in [-0.15, -0.1) is 0 Å². The highest BCUT2D eigenvalue weighted by Gasteiger charge is 2.15. The predicted octanol–water partition coefficient (Wildman–Crippen LogP) is 3.01. The molecule has 32 heavy (non-hydrogen) atoms. The molecule has 3 heterocycles. The molecule has 3 aromatic heterocycles. The van der Waals surface area contributed by atoms with Gasteiger partial charge in [0.15, 0.2) is 5.65 Å². The van der Waals surface area contributed by atoms with E-state index in [0.29, 0.717) is 23.7 Å². The molecule has 0 radical (unpaired) electrons. The Morgan fingerprint density at radius 3 is 2.78 bits per heavy atom. The smallest absolute Gasteiger partial charge is 0.251 e. The molecule has 0 aliphatic rings. The molecule has 0 spiro atoms. The van der Waals surface area contributed by atoms with Crippen molar-refractivity contribution in [1.29, 1.82) is 0 Å². The molecule has 9 nitrogen and oxygen atoms in total. The van der Waals surface area contributed by atoms with Crippen molar-refractivity contribution in [3.05, 3.63) is 60.2 Å². The maximum atomic E-state index is 11.9. The summed E-state index contributed by atoms with van der Waals surface area (Å²) in [5.74, 6) is 1.37. The molecule has 164 valence electrons. The first-order valence-electron chi connectivity index (χ1n) is 10.2. The summed E-state index contributed by atoms with van der Waals surface area (Å²) in [6.45, 7) is 2.72. The molecule has 2 N–H and O–H groups in total. The number of nitrogens with zero attached hydrogens (tertiary/aromatic N) is 5. The number of methoxy groups -OCH3 is 1. The molecular weight excluding hydrogens is 406 g/mol. The molecule has 0 saturated heterocycles. The number of aromatic nitrogens is 5. The Kier molecular flexibility index (Phi) is 5.98. The summed E-state index contributed by atoms with van der Waals surface area (Å²) in [6.07, 6.45) is 5.11. The van der Waals surface area contributed by atoms with Crippen molar-refractivity contribution in [2.45, 2.75) is 12.8 Å². The van der Waals surface area contributed by atoms with Crippen LogP contribution in [0.5, 0.6) is 5.75 Å². The minimum absolute atomic E-state index is 0.121. The van der Waals surface area contributed by atoms with Gasteiger partial charge in [-0.2, -0.15) is 5.10 Å². The number of hydrogen-bond acceptors (Lipinski definition) is 7. The van der Waals surface area contributed by atoms with Crippen molar-refractivity contribution in [1.82, 2.24) is 30.0 Å². The van der Waals surface area contributed by atoms with E-state index in [0.717, 1.165) is 27.9 Å². The Bertz CT molecular complexity index is 1270. The van der Waals surface area contributed by atoms with Crippen LogP contribution in [-0.4, -0.2) is 51.3 Å². The number of amides is 1. The third-order valence-corrected chi connectivity index (χ3v) is 5.38. The van der Waals surface area contributed by atoms with Gasteiger partial charge >= 0.3 is 0 Å². The molecule has 0 aliphatic carbocycles. The Morgan fingerprint density at radius 2 is 2.00 bits per heavy atom. The van der Waals surface area contributed by atoms with Crippen LogP contribution in [0.4, 0.5) is 5.82 Å². The van der Waals surface area contributed by atoms with E-state index < -0.39 is 0 Å². The van der Waals surface area contributed by atoms with Gasteiger partial charge in [0.1, 0.15) is 17.9 Å². The second-order valence-corrected chi connectivity index (χ2v) is 7.51. The van der Waals surface area contributed by atoms with Crippen molar-refractivity contribution in [2.24, 2.45) is 7.05 Å². The van der Waals surface area contributed by atoms with Crippen LogP contribution < -0.4 is 15.4 Å². The van der Waals surface area contributed by atoms with Crippen molar-refractivity contribution < 1.29 is 9.53 Å². The van der Waals surface area contributed by atoms with Crippen LogP contribution in [-0.2, 0) is 7.05 Å². The van der Waals surface area contributed by atoms with Crippen LogP contribution in [0.2, 0.25) is 0 Å². The van der Waals surface area contributed by atoms with Crippen LogP contribution in [0.25, 0.3) is 22.3 Å². The molecule has 1 aromatic carbocycles. The third kappa shape index (κ3) is 4.22. The van der Waals surface area contributed by atoms with E-state index in [9.17, 15) is 4.79 Å². The highest BCUT2D eigenvalue weighted by Crippen LogP contribution is 2.28. The van der Waals surface area contributed by atoms with Gasteiger partial charge in [-0.25, -0.2) is 15.0 Å². The van der Waals surface area contributed by atoms with Crippen LogP contribution in [0.15, 0.2) is 49.1 Å². The van der Waals surface area contributed by atoms with Gasteiger partial charge in [-0.3, -0.25) is 9.48 Å². The van der Waals surface area contributed by atoms with E-state index in [2.05, 4.69) is 37.6 Å². The number of carbonyl (C=O) groups is 1. The zero-order chi connectivity index (χ0) is 22.7. The van der Waals surface area contributed by atoms with E-state index in [-0.39, 0.29) is 11.8 Å². The second kappa shape index (κ2) is 9.01. The van der Waals surface area contributed by atoms with Crippen LogP contribution >= 0.6 is 0 Å². The molecule has 4 aromatic rings. The largest absolute Gasteiger partial charge is 0.496 e.